The number of rotatable bonds is 15. The van der Waals surface area contributed by atoms with E-state index in [0.29, 0.717) is 38.5 Å². The van der Waals surface area contributed by atoms with Gasteiger partial charge in [-0.2, -0.15) is 0 Å². The molecule has 20 heteroatoms. The molecule has 0 amide bonds. The van der Waals surface area contributed by atoms with Gasteiger partial charge in [0.25, 0.3) is 0 Å². The predicted molar refractivity (Wildman–Crippen MR) is 236 cm³/mol. The van der Waals surface area contributed by atoms with Crippen molar-refractivity contribution in [3.05, 3.63) is 11.6 Å². The van der Waals surface area contributed by atoms with Crippen molar-refractivity contribution in [1.82, 2.24) is 0 Å². The molecular formula is C48H82O20. The van der Waals surface area contributed by atoms with Crippen LogP contribution in [0.3, 0.4) is 0 Å². The van der Waals surface area contributed by atoms with E-state index in [4.69, 9.17) is 28.4 Å². The van der Waals surface area contributed by atoms with Gasteiger partial charge in [0.1, 0.15) is 73.2 Å². The van der Waals surface area contributed by atoms with Gasteiger partial charge in [0.15, 0.2) is 18.9 Å². The minimum absolute atomic E-state index is 0.0487. The Morgan fingerprint density at radius 2 is 1.15 bits per heavy atom. The molecule has 394 valence electrons. The first-order valence-electron chi connectivity index (χ1n) is 24.8. The molecule has 14 N–H and O–H groups in total. The van der Waals surface area contributed by atoms with Crippen LogP contribution in [0.5, 0.6) is 0 Å². The smallest absolute Gasteiger partial charge is 0.187 e. The van der Waals surface area contributed by atoms with Gasteiger partial charge in [-0.15, -0.1) is 0 Å². The Morgan fingerprint density at radius 3 is 1.74 bits per heavy atom. The molecule has 0 aromatic heterocycles. The maximum atomic E-state index is 12.4. The van der Waals surface area contributed by atoms with Gasteiger partial charge in [-0.25, -0.2) is 0 Å². The van der Waals surface area contributed by atoms with Gasteiger partial charge in [-0.05, 0) is 105 Å². The molecule has 3 saturated heterocycles. The van der Waals surface area contributed by atoms with Crippen molar-refractivity contribution in [2.24, 2.45) is 44.8 Å². The summed E-state index contributed by atoms with van der Waals surface area (Å²) >= 11 is 0. The highest BCUT2D eigenvalue weighted by Crippen LogP contribution is 2.75. The van der Waals surface area contributed by atoms with E-state index >= 15 is 0 Å². The van der Waals surface area contributed by atoms with Crippen LogP contribution in [-0.4, -0.2) is 215 Å². The molecule has 0 bridgehead atoms. The van der Waals surface area contributed by atoms with Crippen LogP contribution < -0.4 is 0 Å². The Labute approximate surface area is 398 Å². The van der Waals surface area contributed by atoms with Gasteiger partial charge in [0, 0.05) is 10.8 Å². The van der Waals surface area contributed by atoms with E-state index < -0.39 is 140 Å². The number of hydrogen-bond donors (Lipinski definition) is 14. The van der Waals surface area contributed by atoms with Gasteiger partial charge in [0.05, 0.1) is 51.8 Å². The highest BCUT2D eigenvalue weighted by molar-refractivity contribution is 5.19. The SMILES string of the molecule is C/C(=C/CC[C@]1(CO)CC[C@]2(C)[C@H](CCC3[C@@]4(C)CC[C@H](O[C@@H]5O[C@H](CO)[C@@H](O)[C@H](O)[C@H]5O[C@@H]5O[C@H](CO)[C@@H](O)[C@H](O)[C@H]5O)[C@@](C)(CO[C@@H]5O[C@H](CO)[C@@H](O)[C@H](O)[C@H]5O)C4CC[C@]32C)[C@H]1O)CO. The first-order valence-corrected chi connectivity index (χ1v) is 24.8. The fourth-order valence-electron chi connectivity index (χ4n) is 14.7. The Hall–Kier alpha value is -1.06. The topological polar surface area (TPSA) is 339 Å². The fourth-order valence-corrected chi connectivity index (χ4v) is 14.7. The molecule has 2 unspecified atom stereocenters. The quantitative estimate of drug-likeness (QED) is 0.0619. The first-order chi connectivity index (χ1) is 32.1. The van der Waals surface area contributed by atoms with Gasteiger partial charge in [0.2, 0.25) is 0 Å². The molecule has 4 aliphatic carbocycles. The van der Waals surface area contributed by atoms with E-state index in [1.165, 1.54) is 0 Å². The highest BCUT2D eigenvalue weighted by Gasteiger charge is 2.71. The standard InChI is InChI=1S/C48H82O20/c1-23(17-49)7-6-12-48(21-53)16-15-46(4)24(40(48)62)8-9-29-44(2)13-11-30(45(3,28(44)10-14-47(29,46)5)22-63-41-37(60)34(57)31(54)25(18-50)64-41)67-43-39(36(59)33(56)27(20-52)66-43)68-42-38(61)35(58)32(55)26(19-51)65-42/h7,24-43,49-62H,6,8-22H2,1-5H3/b23-7-/t24-,25-,26-,27-,28?,29?,30+,31-,32-,33-,34+,35+,36+,37-,38-,39-,40-,41-,42+,43+,44+,45+,46-,47-,48-/m1/s1. The van der Waals surface area contributed by atoms with E-state index in [9.17, 15) is 71.5 Å². The van der Waals surface area contributed by atoms with Crippen LogP contribution in [0.1, 0.15) is 98.8 Å². The van der Waals surface area contributed by atoms with Crippen LogP contribution in [0.15, 0.2) is 11.6 Å². The lowest BCUT2D eigenvalue weighted by molar-refractivity contribution is -0.382. The molecule has 0 aromatic rings. The molecule has 68 heavy (non-hydrogen) atoms. The van der Waals surface area contributed by atoms with Crippen molar-refractivity contribution in [3.8, 4) is 0 Å². The summed E-state index contributed by atoms with van der Waals surface area (Å²) in [6.07, 6.45) is -17.4. The first kappa shape index (κ1) is 54.7. The zero-order chi connectivity index (χ0) is 49.9. The van der Waals surface area contributed by atoms with Crippen molar-refractivity contribution >= 4 is 0 Å². The molecular weight excluding hydrogens is 897 g/mol. The second kappa shape index (κ2) is 21.0. The Bertz CT molecular complexity index is 1710. The average molecular weight is 979 g/mol. The second-order valence-electron chi connectivity index (χ2n) is 22.6. The molecule has 0 radical (unpaired) electrons. The number of fused-ring (bicyclic) bond motifs is 5. The van der Waals surface area contributed by atoms with Gasteiger partial charge < -0.3 is 99.9 Å². The van der Waals surface area contributed by atoms with Crippen molar-refractivity contribution in [1.29, 1.82) is 0 Å². The summed E-state index contributed by atoms with van der Waals surface area (Å²) in [5.74, 6) is -0.157. The summed E-state index contributed by atoms with van der Waals surface area (Å²) < 4.78 is 36.9. The largest absolute Gasteiger partial charge is 0.396 e. The van der Waals surface area contributed by atoms with E-state index in [0.717, 1.165) is 31.3 Å². The molecule has 7 aliphatic rings. The lowest BCUT2D eigenvalue weighted by Gasteiger charge is -2.72. The summed E-state index contributed by atoms with van der Waals surface area (Å²) in [7, 11) is 0. The summed E-state index contributed by atoms with van der Waals surface area (Å²) in [5.41, 5.74) is -1.83. The average Bonchev–Trinajstić information content (AvgIpc) is 3.32. The molecule has 0 spiro atoms. The van der Waals surface area contributed by atoms with Crippen molar-refractivity contribution in [2.75, 3.05) is 39.6 Å². The summed E-state index contributed by atoms with van der Waals surface area (Å²) in [5, 5.41) is 150. The number of allylic oxidation sites excluding steroid dienone is 1. The number of ether oxygens (including phenoxy) is 6. The fraction of sp³-hybridized carbons (Fsp3) is 0.958. The maximum absolute atomic E-state index is 12.4. The Kier molecular flexibility index (Phi) is 16.9. The van der Waals surface area contributed by atoms with Gasteiger partial charge in [-0.3, -0.25) is 0 Å². The number of hydrogen-bond acceptors (Lipinski definition) is 20. The molecule has 0 aromatic carbocycles. The molecule has 7 rings (SSSR count). The zero-order valence-electron chi connectivity index (χ0n) is 40.1. The van der Waals surface area contributed by atoms with Crippen LogP contribution in [0, 0.1) is 44.8 Å². The third-order valence-corrected chi connectivity index (χ3v) is 19.2. The van der Waals surface area contributed by atoms with E-state index in [-0.39, 0.29) is 48.4 Å². The van der Waals surface area contributed by atoms with Crippen LogP contribution in [-0.2, 0) is 28.4 Å². The molecule has 4 saturated carbocycles. The lowest BCUT2D eigenvalue weighted by atomic mass is 9.33. The van der Waals surface area contributed by atoms with Crippen molar-refractivity contribution in [3.63, 3.8) is 0 Å². The maximum Gasteiger partial charge on any atom is 0.187 e. The molecule has 7 fully saturated rings. The van der Waals surface area contributed by atoms with E-state index in [1.54, 1.807) is 0 Å². The Balaban J connectivity index is 1.21. The van der Waals surface area contributed by atoms with Crippen LogP contribution >= 0.6 is 0 Å². The Morgan fingerprint density at radius 1 is 0.574 bits per heavy atom. The van der Waals surface area contributed by atoms with Crippen molar-refractivity contribution < 1.29 is 99.9 Å². The monoisotopic (exact) mass is 979 g/mol. The summed E-state index contributed by atoms with van der Waals surface area (Å²) in [6.45, 7) is 8.24. The van der Waals surface area contributed by atoms with Crippen LogP contribution in [0.4, 0.5) is 0 Å². The van der Waals surface area contributed by atoms with Crippen molar-refractivity contribution in [2.45, 2.75) is 203 Å². The minimum Gasteiger partial charge on any atom is -0.396 e. The minimum atomic E-state index is -1.88. The normalized spacial score (nSPS) is 53.3. The van der Waals surface area contributed by atoms with Crippen LogP contribution in [0.25, 0.3) is 0 Å². The van der Waals surface area contributed by atoms with Gasteiger partial charge in [-0.1, -0.05) is 39.3 Å². The molecule has 20 nitrogen and oxygen atoms in total. The third kappa shape index (κ3) is 9.19. The molecule has 3 heterocycles. The molecule has 3 aliphatic heterocycles. The van der Waals surface area contributed by atoms with E-state index in [1.807, 2.05) is 19.9 Å². The second-order valence-corrected chi connectivity index (χ2v) is 22.6. The molecule has 25 atom stereocenters. The van der Waals surface area contributed by atoms with Crippen LogP contribution in [0.2, 0.25) is 0 Å². The lowest BCUT2D eigenvalue weighted by Crippen LogP contribution is -2.69. The van der Waals surface area contributed by atoms with E-state index in [2.05, 4.69) is 20.8 Å². The number of aliphatic hydroxyl groups is 14. The summed E-state index contributed by atoms with van der Waals surface area (Å²) in [6, 6.07) is 0. The summed E-state index contributed by atoms with van der Waals surface area (Å²) in [4.78, 5) is 0. The highest BCUT2D eigenvalue weighted by atomic mass is 16.8. The predicted octanol–water partition coefficient (Wildman–Crippen LogP) is -2.08. The van der Waals surface area contributed by atoms with Gasteiger partial charge >= 0.3 is 0 Å². The third-order valence-electron chi connectivity index (χ3n) is 19.2. The number of aliphatic hydroxyl groups excluding tert-OH is 14. The zero-order valence-corrected chi connectivity index (χ0v) is 40.1.